The van der Waals surface area contributed by atoms with E-state index < -0.39 is 0 Å². The zero-order chi connectivity index (χ0) is 17.5. The van der Waals surface area contributed by atoms with Crippen molar-refractivity contribution < 1.29 is 9.53 Å². The molecule has 1 aromatic carbocycles. The third-order valence-corrected chi connectivity index (χ3v) is 3.39. The number of anilines is 2. The molecule has 2 aromatic heterocycles. The predicted octanol–water partition coefficient (Wildman–Crippen LogP) is 2.55. The highest BCUT2D eigenvalue weighted by Gasteiger charge is 2.09. The number of benzene rings is 1. The highest BCUT2D eigenvalue weighted by atomic mass is 16.5. The van der Waals surface area contributed by atoms with E-state index in [2.05, 4.69) is 25.6 Å². The molecule has 0 spiro atoms. The lowest BCUT2D eigenvalue weighted by atomic mass is 10.3. The van der Waals surface area contributed by atoms with Crippen molar-refractivity contribution in [1.29, 1.82) is 0 Å². The first-order valence-electron chi connectivity index (χ1n) is 7.66. The summed E-state index contributed by atoms with van der Waals surface area (Å²) in [5, 5.41) is 5.86. The fraction of sp³-hybridized carbons (Fsp3) is 0.111. The van der Waals surface area contributed by atoms with Crippen LogP contribution in [0.2, 0.25) is 0 Å². The average Bonchev–Trinajstić information content (AvgIpc) is 2.67. The molecule has 25 heavy (non-hydrogen) atoms. The van der Waals surface area contributed by atoms with Crippen LogP contribution in [0.25, 0.3) is 0 Å². The molecule has 0 saturated carbocycles. The second-order valence-electron chi connectivity index (χ2n) is 5.17. The first-order chi connectivity index (χ1) is 12.2. The molecule has 2 heterocycles. The fourth-order valence-electron chi connectivity index (χ4n) is 2.15. The van der Waals surface area contributed by atoms with E-state index in [1.165, 1.54) is 6.20 Å². The molecular formula is C18H17N5O2. The lowest BCUT2D eigenvalue weighted by Crippen LogP contribution is -2.24. The molecule has 1 amide bonds. The van der Waals surface area contributed by atoms with Gasteiger partial charge >= 0.3 is 0 Å². The van der Waals surface area contributed by atoms with Gasteiger partial charge in [-0.15, -0.1) is 0 Å². The average molecular weight is 335 g/mol. The summed E-state index contributed by atoms with van der Waals surface area (Å²) in [4.78, 5) is 24.6. The number of nitrogens with one attached hydrogen (secondary N) is 2. The molecule has 7 nitrogen and oxygen atoms in total. The van der Waals surface area contributed by atoms with E-state index in [9.17, 15) is 4.79 Å². The second kappa shape index (κ2) is 7.87. The number of ether oxygens (including phenoxy) is 1. The Morgan fingerprint density at radius 1 is 1.16 bits per heavy atom. The van der Waals surface area contributed by atoms with Crippen LogP contribution in [-0.4, -0.2) is 28.0 Å². The van der Waals surface area contributed by atoms with Gasteiger partial charge in [-0.1, -0.05) is 12.1 Å². The van der Waals surface area contributed by atoms with Crippen LogP contribution in [0.5, 0.6) is 5.75 Å². The van der Waals surface area contributed by atoms with Crippen LogP contribution in [0.4, 0.5) is 11.6 Å². The molecule has 126 valence electrons. The number of aromatic nitrogens is 3. The summed E-state index contributed by atoms with van der Waals surface area (Å²) in [5.41, 5.74) is 1.97. The van der Waals surface area contributed by atoms with Crippen molar-refractivity contribution in [2.24, 2.45) is 0 Å². The van der Waals surface area contributed by atoms with Crippen molar-refractivity contribution in [2.75, 3.05) is 12.4 Å². The number of methoxy groups -OCH3 is 1. The number of hydrogen-bond acceptors (Lipinski definition) is 6. The second-order valence-corrected chi connectivity index (χ2v) is 5.17. The number of rotatable bonds is 6. The third-order valence-electron chi connectivity index (χ3n) is 3.39. The van der Waals surface area contributed by atoms with Gasteiger partial charge < -0.3 is 15.4 Å². The molecule has 0 aliphatic carbocycles. The Hall–Kier alpha value is -3.48. The van der Waals surface area contributed by atoms with Crippen LogP contribution < -0.4 is 15.4 Å². The maximum atomic E-state index is 12.3. The molecule has 0 fully saturated rings. The quantitative estimate of drug-likeness (QED) is 0.720. The van der Waals surface area contributed by atoms with Crippen LogP contribution in [0.1, 0.15) is 16.1 Å². The van der Waals surface area contributed by atoms with Gasteiger partial charge in [0.1, 0.15) is 11.4 Å². The molecule has 0 saturated heterocycles. The minimum atomic E-state index is -0.278. The van der Waals surface area contributed by atoms with Crippen molar-refractivity contribution in [3.8, 4) is 5.75 Å². The summed E-state index contributed by atoms with van der Waals surface area (Å²) in [6.45, 7) is 0.384. The van der Waals surface area contributed by atoms with Crippen LogP contribution in [0.15, 0.2) is 61.1 Å². The van der Waals surface area contributed by atoms with Crippen molar-refractivity contribution in [3.05, 3.63) is 72.3 Å². The van der Waals surface area contributed by atoms with Crippen molar-refractivity contribution >= 4 is 17.5 Å². The molecule has 7 heteroatoms. The zero-order valence-corrected chi connectivity index (χ0v) is 13.6. The van der Waals surface area contributed by atoms with Crippen molar-refractivity contribution in [2.45, 2.75) is 6.54 Å². The Labute approximate surface area is 145 Å². The number of nitrogens with zero attached hydrogens (tertiary/aromatic N) is 3. The minimum absolute atomic E-state index is 0.278. The smallest absolute Gasteiger partial charge is 0.270 e. The van der Waals surface area contributed by atoms with Gasteiger partial charge in [0.25, 0.3) is 5.91 Å². The Morgan fingerprint density at radius 3 is 2.88 bits per heavy atom. The molecule has 0 radical (unpaired) electrons. The van der Waals surface area contributed by atoms with Crippen molar-refractivity contribution in [3.63, 3.8) is 0 Å². The summed E-state index contributed by atoms with van der Waals surface area (Å²) < 4.78 is 5.18. The van der Waals surface area contributed by atoms with Crippen LogP contribution in [0.3, 0.4) is 0 Å². The number of carbonyl (C=O) groups excluding carboxylic acids is 1. The predicted molar refractivity (Wildman–Crippen MR) is 93.7 cm³/mol. The lowest BCUT2D eigenvalue weighted by Gasteiger charge is -2.08. The van der Waals surface area contributed by atoms with Crippen LogP contribution in [0, 0.1) is 0 Å². The summed E-state index contributed by atoms with van der Waals surface area (Å²) in [6, 6.07) is 12.7. The van der Waals surface area contributed by atoms with Gasteiger partial charge in [0, 0.05) is 36.9 Å². The summed E-state index contributed by atoms with van der Waals surface area (Å²) in [5.74, 6) is 0.776. The van der Waals surface area contributed by atoms with E-state index in [4.69, 9.17) is 4.74 Å². The van der Waals surface area contributed by atoms with Gasteiger partial charge in [-0.05, 0) is 29.8 Å². The standard InChI is InChI=1S/C18H17N5O2/c1-25-15-6-2-5-14(10-15)22-18-20-9-7-16(23-18)17(24)21-12-13-4-3-8-19-11-13/h2-11H,12H2,1H3,(H,21,24)(H,20,22,23). The molecule has 2 N–H and O–H groups in total. The number of hydrogen-bond donors (Lipinski definition) is 2. The molecule has 0 atom stereocenters. The SMILES string of the molecule is COc1cccc(Nc2nccc(C(=O)NCc3cccnc3)n2)c1. The Kier molecular flexibility index (Phi) is 5.16. The van der Waals surface area contributed by atoms with E-state index >= 15 is 0 Å². The Bertz CT molecular complexity index is 855. The van der Waals surface area contributed by atoms with E-state index in [1.807, 2.05) is 36.4 Å². The van der Waals surface area contributed by atoms with Gasteiger partial charge in [-0.3, -0.25) is 9.78 Å². The number of amides is 1. The van der Waals surface area contributed by atoms with E-state index in [0.29, 0.717) is 12.5 Å². The topological polar surface area (TPSA) is 89.0 Å². The van der Waals surface area contributed by atoms with Gasteiger partial charge in [0.15, 0.2) is 0 Å². The Morgan fingerprint density at radius 2 is 2.08 bits per heavy atom. The summed E-state index contributed by atoms with van der Waals surface area (Å²) >= 11 is 0. The maximum absolute atomic E-state index is 12.3. The molecule has 0 aliphatic heterocycles. The van der Waals surface area contributed by atoms with Crippen LogP contribution >= 0.6 is 0 Å². The molecule has 0 aliphatic rings. The van der Waals surface area contributed by atoms with E-state index in [-0.39, 0.29) is 11.6 Å². The van der Waals surface area contributed by atoms with Gasteiger partial charge in [0.05, 0.1) is 7.11 Å². The summed E-state index contributed by atoms with van der Waals surface area (Å²) in [7, 11) is 1.60. The van der Waals surface area contributed by atoms with Gasteiger partial charge in [-0.2, -0.15) is 0 Å². The first-order valence-corrected chi connectivity index (χ1v) is 7.66. The highest BCUT2D eigenvalue weighted by molar-refractivity contribution is 5.92. The molecule has 0 unspecified atom stereocenters. The Balaban J connectivity index is 1.67. The maximum Gasteiger partial charge on any atom is 0.270 e. The van der Waals surface area contributed by atoms with Crippen molar-refractivity contribution in [1.82, 2.24) is 20.3 Å². The largest absolute Gasteiger partial charge is 0.497 e. The fourth-order valence-corrected chi connectivity index (χ4v) is 2.15. The van der Waals surface area contributed by atoms with E-state index in [0.717, 1.165) is 17.0 Å². The third kappa shape index (κ3) is 4.51. The molecule has 3 rings (SSSR count). The van der Waals surface area contributed by atoms with Gasteiger partial charge in [-0.25, -0.2) is 9.97 Å². The number of pyridine rings is 1. The minimum Gasteiger partial charge on any atom is -0.497 e. The molecule has 0 bridgehead atoms. The molecular weight excluding hydrogens is 318 g/mol. The summed E-state index contributed by atoms with van der Waals surface area (Å²) in [6.07, 6.45) is 4.93. The molecule has 3 aromatic rings. The number of carbonyl (C=O) groups is 1. The highest BCUT2D eigenvalue weighted by Crippen LogP contribution is 2.19. The monoisotopic (exact) mass is 335 g/mol. The normalized spacial score (nSPS) is 10.1. The van der Waals surface area contributed by atoms with Gasteiger partial charge in [0.2, 0.25) is 5.95 Å². The van der Waals surface area contributed by atoms with Crippen LogP contribution in [-0.2, 0) is 6.54 Å². The van der Waals surface area contributed by atoms with E-state index in [1.54, 1.807) is 25.6 Å². The lowest BCUT2D eigenvalue weighted by molar-refractivity contribution is 0.0946. The first kappa shape index (κ1) is 16.4. The zero-order valence-electron chi connectivity index (χ0n) is 13.6.